The predicted octanol–water partition coefficient (Wildman–Crippen LogP) is 3.22. The van der Waals surface area contributed by atoms with Crippen molar-refractivity contribution < 1.29 is 0 Å². The zero-order valence-corrected chi connectivity index (χ0v) is 8.81. The topological polar surface area (TPSA) is 12.0 Å². The fourth-order valence-corrected chi connectivity index (χ4v) is 1.08. The van der Waals surface area contributed by atoms with Crippen molar-refractivity contribution in [2.24, 2.45) is 0 Å². The second kappa shape index (κ2) is 5.36. The standard InChI is InChI=1S/C12H12ClN/c1-3-11-5-4-6-12(7-11)14-9-10(2)8-13/h1,4-8,14H,9H2,2H3/b10-8-. The van der Waals surface area contributed by atoms with Crippen molar-refractivity contribution in [2.45, 2.75) is 6.92 Å². The molecule has 0 bridgehead atoms. The number of hydrogen-bond acceptors (Lipinski definition) is 1. The highest BCUT2D eigenvalue weighted by Gasteiger charge is 1.93. The minimum atomic E-state index is 0.734. The summed E-state index contributed by atoms with van der Waals surface area (Å²) in [5, 5.41) is 3.22. The molecule has 2 heteroatoms. The highest BCUT2D eigenvalue weighted by atomic mass is 35.5. The SMILES string of the molecule is C#Cc1cccc(NC/C(C)=C\Cl)c1. The van der Waals surface area contributed by atoms with Gasteiger partial charge in [-0.2, -0.15) is 0 Å². The summed E-state index contributed by atoms with van der Waals surface area (Å²) < 4.78 is 0. The number of hydrogen-bond donors (Lipinski definition) is 1. The molecular formula is C12H12ClN. The molecule has 0 aliphatic carbocycles. The first-order valence-corrected chi connectivity index (χ1v) is 4.76. The molecule has 1 aromatic carbocycles. The lowest BCUT2D eigenvalue weighted by molar-refractivity contribution is 1.21. The first-order chi connectivity index (χ1) is 6.76. The number of halogens is 1. The van der Waals surface area contributed by atoms with Crippen molar-refractivity contribution in [3.05, 3.63) is 40.9 Å². The molecule has 72 valence electrons. The van der Waals surface area contributed by atoms with Crippen LogP contribution in [0.15, 0.2) is 35.4 Å². The van der Waals surface area contributed by atoms with Gasteiger partial charge >= 0.3 is 0 Å². The van der Waals surface area contributed by atoms with Gasteiger partial charge in [0.1, 0.15) is 0 Å². The van der Waals surface area contributed by atoms with E-state index in [2.05, 4.69) is 11.2 Å². The van der Waals surface area contributed by atoms with Gasteiger partial charge < -0.3 is 5.32 Å². The van der Waals surface area contributed by atoms with Crippen molar-refractivity contribution in [3.8, 4) is 12.3 Å². The van der Waals surface area contributed by atoms with E-state index in [1.807, 2.05) is 31.2 Å². The third kappa shape index (κ3) is 3.16. The summed E-state index contributed by atoms with van der Waals surface area (Å²) in [4.78, 5) is 0. The first-order valence-electron chi connectivity index (χ1n) is 4.32. The van der Waals surface area contributed by atoms with Crippen LogP contribution in [0.1, 0.15) is 12.5 Å². The Balaban J connectivity index is 2.64. The molecule has 0 aliphatic heterocycles. The maximum atomic E-state index is 5.54. The smallest absolute Gasteiger partial charge is 0.0369 e. The lowest BCUT2D eigenvalue weighted by Crippen LogP contribution is -2.02. The molecule has 1 aromatic rings. The molecule has 0 atom stereocenters. The van der Waals surface area contributed by atoms with Crippen LogP contribution >= 0.6 is 11.6 Å². The molecule has 0 radical (unpaired) electrons. The van der Waals surface area contributed by atoms with Gasteiger partial charge in [0.2, 0.25) is 0 Å². The van der Waals surface area contributed by atoms with Crippen LogP contribution < -0.4 is 5.32 Å². The first kappa shape index (κ1) is 10.7. The highest BCUT2D eigenvalue weighted by molar-refractivity contribution is 6.25. The van der Waals surface area contributed by atoms with E-state index < -0.39 is 0 Å². The van der Waals surface area contributed by atoms with Gasteiger partial charge in [-0.1, -0.05) is 23.6 Å². The van der Waals surface area contributed by atoms with Gasteiger partial charge in [0.25, 0.3) is 0 Å². The van der Waals surface area contributed by atoms with E-state index in [-0.39, 0.29) is 0 Å². The molecule has 1 nitrogen and oxygen atoms in total. The van der Waals surface area contributed by atoms with Crippen molar-refractivity contribution in [3.63, 3.8) is 0 Å². The molecule has 0 heterocycles. The lowest BCUT2D eigenvalue weighted by Gasteiger charge is -2.05. The third-order valence-corrected chi connectivity index (χ3v) is 2.16. The Morgan fingerprint density at radius 3 is 3.07 bits per heavy atom. The Kier molecular flexibility index (Phi) is 4.10. The number of anilines is 1. The fourth-order valence-electron chi connectivity index (χ4n) is 0.999. The van der Waals surface area contributed by atoms with Crippen LogP contribution in [0.2, 0.25) is 0 Å². The molecule has 14 heavy (non-hydrogen) atoms. The highest BCUT2D eigenvalue weighted by Crippen LogP contribution is 2.10. The monoisotopic (exact) mass is 205 g/mol. The van der Waals surface area contributed by atoms with Gasteiger partial charge in [0.15, 0.2) is 0 Å². The molecule has 0 aliphatic rings. The molecule has 0 saturated carbocycles. The van der Waals surface area contributed by atoms with E-state index in [1.54, 1.807) is 5.54 Å². The molecule has 0 saturated heterocycles. The number of terminal acetylenes is 1. The molecule has 0 amide bonds. The maximum absolute atomic E-state index is 5.54. The summed E-state index contributed by atoms with van der Waals surface area (Å²) in [6, 6.07) is 7.73. The van der Waals surface area contributed by atoms with Crippen LogP contribution in [0.3, 0.4) is 0 Å². The largest absolute Gasteiger partial charge is 0.381 e. The minimum Gasteiger partial charge on any atom is -0.381 e. The Hall–Kier alpha value is -1.39. The Morgan fingerprint density at radius 1 is 1.64 bits per heavy atom. The zero-order valence-electron chi connectivity index (χ0n) is 8.05. The van der Waals surface area contributed by atoms with E-state index in [0.717, 1.165) is 23.4 Å². The molecule has 1 N–H and O–H groups in total. The van der Waals surface area contributed by atoms with Crippen LogP contribution in [0.4, 0.5) is 5.69 Å². The van der Waals surface area contributed by atoms with Crippen molar-refractivity contribution >= 4 is 17.3 Å². The van der Waals surface area contributed by atoms with Crippen LogP contribution in [-0.2, 0) is 0 Å². The summed E-state index contributed by atoms with van der Waals surface area (Å²) in [6.45, 7) is 2.70. The van der Waals surface area contributed by atoms with Crippen LogP contribution in [-0.4, -0.2) is 6.54 Å². The fraction of sp³-hybridized carbons (Fsp3) is 0.167. The Morgan fingerprint density at radius 2 is 2.43 bits per heavy atom. The minimum absolute atomic E-state index is 0.734. The number of rotatable bonds is 3. The summed E-state index contributed by atoms with van der Waals surface area (Å²) in [6.07, 6.45) is 5.29. The maximum Gasteiger partial charge on any atom is 0.0369 e. The second-order valence-electron chi connectivity index (χ2n) is 3.03. The summed E-state index contributed by atoms with van der Waals surface area (Å²) in [5.41, 5.74) is 4.54. The van der Waals surface area contributed by atoms with E-state index in [9.17, 15) is 0 Å². The third-order valence-electron chi connectivity index (χ3n) is 1.79. The molecule has 0 aromatic heterocycles. The summed E-state index contributed by atoms with van der Waals surface area (Å²) in [7, 11) is 0. The van der Waals surface area contributed by atoms with E-state index in [4.69, 9.17) is 18.0 Å². The van der Waals surface area contributed by atoms with E-state index in [0.29, 0.717) is 0 Å². The van der Waals surface area contributed by atoms with Crippen LogP contribution in [0.25, 0.3) is 0 Å². The van der Waals surface area contributed by atoms with E-state index in [1.165, 1.54) is 0 Å². The predicted molar refractivity (Wildman–Crippen MR) is 62.5 cm³/mol. The average Bonchev–Trinajstić information content (AvgIpc) is 2.26. The Bertz CT molecular complexity index is 374. The number of benzene rings is 1. The summed E-state index contributed by atoms with van der Waals surface area (Å²) in [5.74, 6) is 2.59. The van der Waals surface area contributed by atoms with Gasteiger partial charge in [-0.05, 0) is 30.7 Å². The van der Waals surface area contributed by atoms with Crippen LogP contribution in [0, 0.1) is 12.3 Å². The van der Waals surface area contributed by atoms with E-state index >= 15 is 0 Å². The molecule has 1 rings (SSSR count). The van der Waals surface area contributed by atoms with Crippen molar-refractivity contribution in [1.29, 1.82) is 0 Å². The molecule has 0 spiro atoms. The quantitative estimate of drug-likeness (QED) is 0.748. The van der Waals surface area contributed by atoms with Crippen LogP contribution in [0.5, 0.6) is 0 Å². The summed E-state index contributed by atoms with van der Waals surface area (Å²) >= 11 is 5.54. The Labute approximate surface area is 89.8 Å². The molecular weight excluding hydrogens is 194 g/mol. The molecule has 0 fully saturated rings. The van der Waals surface area contributed by atoms with Gasteiger partial charge in [0, 0.05) is 23.3 Å². The average molecular weight is 206 g/mol. The van der Waals surface area contributed by atoms with Gasteiger partial charge in [-0.15, -0.1) is 6.42 Å². The lowest BCUT2D eigenvalue weighted by atomic mass is 10.2. The second-order valence-corrected chi connectivity index (χ2v) is 3.25. The van der Waals surface area contributed by atoms with Crippen molar-refractivity contribution in [1.82, 2.24) is 0 Å². The van der Waals surface area contributed by atoms with Gasteiger partial charge in [-0.3, -0.25) is 0 Å². The van der Waals surface area contributed by atoms with Gasteiger partial charge in [-0.25, -0.2) is 0 Å². The number of nitrogens with one attached hydrogen (secondary N) is 1. The zero-order chi connectivity index (χ0) is 10.4. The normalized spacial score (nSPS) is 10.8. The van der Waals surface area contributed by atoms with Crippen molar-refractivity contribution in [2.75, 3.05) is 11.9 Å². The molecule has 0 unspecified atom stereocenters. The van der Waals surface area contributed by atoms with Gasteiger partial charge in [0.05, 0.1) is 0 Å².